The second kappa shape index (κ2) is 6.29. The number of rotatable bonds is 5. The molecule has 0 bridgehead atoms. The van der Waals surface area contributed by atoms with Crippen LogP contribution in [0.25, 0.3) is 0 Å². The maximum atomic E-state index is 4.30. The zero-order valence-corrected chi connectivity index (χ0v) is 12.8. The normalized spacial score (nSPS) is 12.6. The highest BCUT2D eigenvalue weighted by Gasteiger charge is 2.16. The summed E-state index contributed by atoms with van der Waals surface area (Å²) >= 11 is 2.38. The van der Waals surface area contributed by atoms with Crippen LogP contribution in [0.15, 0.2) is 30.6 Å². The Labute approximate surface area is 121 Å². The summed E-state index contributed by atoms with van der Waals surface area (Å²) < 4.78 is 3.11. The van der Waals surface area contributed by atoms with Crippen LogP contribution in [0.3, 0.4) is 0 Å². The second-order valence-electron chi connectivity index (χ2n) is 4.14. The molecule has 1 unspecified atom stereocenters. The van der Waals surface area contributed by atoms with E-state index in [0.717, 1.165) is 18.8 Å². The highest BCUT2D eigenvalue weighted by atomic mass is 127. The molecule has 0 aliphatic rings. The summed E-state index contributed by atoms with van der Waals surface area (Å²) in [5.41, 5.74) is 1.32. The Morgan fingerprint density at radius 2 is 2.17 bits per heavy atom. The summed E-state index contributed by atoms with van der Waals surface area (Å²) in [6, 6.07) is 8.74. The van der Waals surface area contributed by atoms with Gasteiger partial charge in [-0.2, -0.15) is 5.10 Å². The van der Waals surface area contributed by atoms with Crippen molar-refractivity contribution in [3.05, 3.63) is 45.6 Å². The number of nitrogens with one attached hydrogen (secondary N) is 1. The van der Waals surface area contributed by atoms with Gasteiger partial charge in [0.05, 0.1) is 0 Å². The fraction of sp³-hybridized carbons (Fsp3) is 0.385. The quantitative estimate of drug-likeness (QED) is 0.837. The predicted octanol–water partition coefficient (Wildman–Crippen LogP) is 2.31. The molecule has 1 atom stereocenters. The largest absolute Gasteiger partial charge is 0.310 e. The monoisotopic (exact) mass is 356 g/mol. The van der Waals surface area contributed by atoms with E-state index in [4.69, 9.17) is 0 Å². The first-order chi connectivity index (χ1) is 8.72. The molecule has 96 valence electrons. The van der Waals surface area contributed by atoms with E-state index in [-0.39, 0.29) is 6.04 Å². The Kier molecular flexibility index (Phi) is 4.71. The van der Waals surface area contributed by atoms with E-state index in [1.54, 1.807) is 6.33 Å². The van der Waals surface area contributed by atoms with E-state index in [9.17, 15) is 0 Å². The summed E-state index contributed by atoms with van der Waals surface area (Å²) in [5, 5.41) is 7.64. The summed E-state index contributed by atoms with van der Waals surface area (Å²) in [6.45, 7) is 3.06. The number of hydrogen-bond acceptors (Lipinski definition) is 3. The molecule has 4 nitrogen and oxygen atoms in total. The van der Waals surface area contributed by atoms with Crippen LogP contribution in [-0.2, 0) is 13.5 Å². The third-order valence-electron chi connectivity index (χ3n) is 2.92. The van der Waals surface area contributed by atoms with Gasteiger partial charge in [-0.05, 0) is 40.8 Å². The Balaban J connectivity index is 2.24. The molecule has 0 fully saturated rings. The first kappa shape index (κ1) is 13.5. The van der Waals surface area contributed by atoms with Crippen LogP contribution >= 0.6 is 22.6 Å². The first-order valence-corrected chi connectivity index (χ1v) is 7.11. The molecule has 0 aliphatic heterocycles. The van der Waals surface area contributed by atoms with Crippen molar-refractivity contribution in [1.29, 1.82) is 0 Å². The topological polar surface area (TPSA) is 42.7 Å². The minimum absolute atomic E-state index is 0.283. The first-order valence-electron chi connectivity index (χ1n) is 6.03. The second-order valence-corrected chi connectivity index (χ2v) is 5.30. The van der Waals surface area contributed by atoms with E-state index in [1.807, 2.05) is 11.7 Å². The molecule has 18 heavy (non-hydrogen) atoms. The lowest BCUT2D eigenvalue weighted by molar-refractivity contribution is 0.520. The zero-order chi connectivity index (χ0) is 13.0. The Morgan fingerprint density at radius 1 is 1.39 bits per heavy atom. The van der Waals surface area contributed by atoms with Gasteiger partial charge < -0.3 is 5.32 Å². The molecule has 2 aromatic rings. The van der Waals surface area contributed by atoms with Crippen LogP contribution in [0.5, 0.6) is 0 Å². The highest BCUT2D eigenvalue weighted by molar-refractivity contribution is 14.1. The summed E-state index contributed by atoms with van der Waals surface area (Å²) in [4.78, 5) is 4.30. The van der Waals surface area contributed by atoms with E-state index < -0.39 is 0 Å². The van der Waals surface area contributed by atoms with Gasteiger partial charge in [0.25, 0.3) is 0 Å². The number of likely N-dealkylation sites (N-methyl/N-ethyl adjacent to an activating group) is 1. The molecule has 2 rings (SSSR count). The molecular weight excluding hydrogens is 339 g/mol. The third kappa shape index (κ3) is 3.08. The van der Waals surface area contributed by atoms with Crippen molar-refractivity contribution in [1.82, 2.24) is 20.1 Å². The van der Waals surface area contributed by atoms with E-state index in [0.29, 0.717) is 0 Å². The van der Waals surface area contributed by atoms with Crippen molar-refractivity contribution in [2.24, 2.45) is 7.05 Å². The summed E-state index contributed by atoms with van der Waals surface area (Å²) in [6.07, 6.45) is 2.46. The highest BCUT2D eigenvalue weighted by Crippen LogP contribution is 2.22. The van der Waals surface area contributed by atoms with Gasteiger partial charge in [-0.15, -0.1) is 0 Å². The van der Waals surface area contributed by atoms with Crippen LogP contribution in [-0.4, -0.2) is 21.3 Å². The molecule has 1 aromatic carbocycles. The Morgan fingerprint density at radius 3 is 2.78 bits per heavy atom. The number of aromatic nitrogens is 3. The maximum absolute atomic E-state index is 4.30. The molecule has 0 radical (unpaired) electrons. The molecule has 0 aliphatic carbocycles. The van der Waals surface area contributed by atoms with Gasteiger partial charge in [0.15, 0.2) is 0 Å². The van der Waals surface area contributed by atoms with Crippen molar-refractivity contribution in [3.8, 4) is 0 Å². The number of nitrogens with zero attached hydrogens (tertiary/aromatic N) is 3. The van der Waals surface area contributed by atoms with Crippen molar-refractivity contribution in [2.45, 2.75) is 19.4 Å². The minimum Gasteiger partial charge on any atom is -0.310 e. The van der Waals surface area contributed by atoms with Crippen LogP contribution < -0.4 is 5.32 Å². The SMILES string of the molecule is CCNC(Cc1ncnn1C)c1ccccc1I. The minimum atomic E-state index is 0.283. The van der Waals surface area contributed by atoms with Crippen molar-refractivity contribution in [3.63, 3.8) is 0 Å². The van der Waals surface area contributed by atoms with Gasteiger partial charge in [-0.1, -0.05) is 25.1 Å². The summed E-state index contributed by atoms with van der Waals surface area (Å²) in [5.74, 6) is 1.00. The van der Waals surface area contributed by atoms with Crippen LogP contribution in [0.2, 0.25) is 0 Å². The van der Waals surface area contributed by atoms with E-state index >= 15 is 0 Å². The molecular formula is C13H17IN4. The molecule has 0 saturated carbocycles. The lowest BCUT2D eigenvalue weighted by Gasteiger charge is -2.19. The number of benzene rings is 1. The molecule has 1 aromatic heterocycles. The molecule has 1 heterocycles. The molecule has 0 spiro atoms. The fourth-order valence-corrected chi connectivity index (χ4v) is 2.75. The van der Waals surface area contributed by atoms with Crippen molar-refractivity contribution < 1.29 is 0 Å². The number of aryl methyl sites for hydroxylation is 1. The van der Waals surface area contributed by atoms with Crippen molar-refractivity contribution >= 4 is 22.6 Å². The predicted molar refractivity (Wildman–Crippen MR) is 80.3 cm³/mol. The maximum Gasteiger partial charge on any atom is 0.138 e. The Hall–Kier alpha value is -0.950. The lowest BCUT2D eigenvalue weighted by Crippen LogP contribution is -2.25. The molecule has 0 saturated heterocycles. The van der Waals surface area contributed by atoms with E-state index in [1.165, 1.54) is 9.13 Å². The van der Waals surface area contributed by atoms with Gasteiger partial charge in [-0.25, -0.2) is 4.98 Å². The number of hydrogen-bond donors (Lipinski definition) is 1. The van der Waals surface area contributed by atoms with Crippen LogP contribution in [0.4, 0.5) is 0 Å². The average molecular weight is 356 g/mol. The van der Waals surface area contributed by atoms with Gasteiger partial charge in [-0.3, -0.25) is 4.68 Å². The standard InChI is InChI=1S/C13H17IN4/c1-3-15-12(8-13-16-9-17-18(13)2)10-6-4-5-7-11(10)14/h4-7,9,12,15H,3,8H2,1-2H3. The van der Waals surface area contributed by atoms with Crippen LogP contribution in [0, 0.1) is 3.57 Å². The van der Waals surface area contributed by atoms with Crippen LogP contribution in [0.1, 0.15) is 24.4 Å². The molecule has 5 heteroatoms. The zero-order valence-electron chi connectivity index (χ0n) is 10.6. The van der Waals surface area contributed by atoms with Gasteiger partial charge in [0.2, 0.25) is 0 Å². The lowest BCUT2D eigenvalue weighted by atomic mass is 10.0. The van der Waals surface area contributed by atoms with Gasteiger partial charge >= 0.3 is 0 Å². The fourth-order valence-electron chi connectivity index (χ4n) is 1.98. The van der Waals surface area contributed by atoms with Gasteiger partial charge in [0, 0.05) is 23.1 Å². The third-order valence-corrected chi connectivity index (χ3v) is 3.91. The van der Waals surface area contributed by atoms with E-state index in [2.05, 4.69) is 69.2 Å². The smallest absolute Gasteiger partial charge is 0.138 e. The van der Waals surface area contributed by atoms with Gasteiger partial charge in [0.1, 0.15) is 12.2 Å². The van der Waals surface area contributed by atoms with Crippen molar-refractivity contribution in [2.75, 3.05) is 6.54 Å². The Bertz CT molecular complexity index is 509. The summed E-state index contributed by atoms with van der Waals surface area (Å²) in [7, 11) is 1.93. The molecule has 0 amide bonds. The average Bonchev–Trinajstić information content (AvgIpc) is 2.75. The number of halogens is 1. The molecule has 1 N–H and O–H groups in total.